The van der Waals surface area contributed by atoms with Crippen LogP contribution in [0.2, 0.25) is 5.15 Å². The van der Waals surface area contributed by atoms with Gasteiger partial charge in [-0.3, -0.25) is 0 Å². The lowest BCUT2D eigenvalue weighted by Crippen LogP contribution is -2.00. The van der Waals surface area contributed by atoms with Crippen LogP contribution >= 0.6 is 11.6 Å². The molecule has 2 rings (SSSR count). The second-order valence-electron chi connectivity index (χ2n) is 3.72. The molecule has 0 fully saturated rings. The summed E-state index contributed by atoms with van der Waals surface area (Å²) < 4.78 is 26.6. The van der Waals surface area contributed by atoms with Gasteiger partial charge in [0.15, 0.2) is 5.82 Å². The van der Waals surface area contributed by atoms with Gasteiger partial charge in [-0.25, -0.2) is 18.4 Å². The topological polar surface area (TPSA) is 50.9 Å². The molecule has 1 N–H and O–H groups in total. The highest BCUT2D eigenvalue weighted by Gasteiger charge is 2.23. The van der Waals surface area contributed by atoms with Crippen molar-refractivity contribution in [1.82, 2.24) is 14.8 Å². The van der Waals surface area contributed by atoms with Crippen LogP contribution < -0.4 is 0 Å². The van der Waals surface area contributed by atoms with Crippen molar-refractivity contribution >= 4 is 11.6 Å². The Morgan fingerprint density at radius 3 is 2.72 bits per heavy atom. The molecule has 0 aliphatic rings. The smallest absolute Gasteiger partial charge is 0.282 e. The third kappa shape index (κ3) is 2.21. The van der Waals surface area contributed by atoms with Gasteiger partial charge in [-0.15, -0.1) is 0 Å². The molecule has 2 aromatic rings. The first-order valence-electron chi connectivity index (χ1n) is 5.14. The number of aryl methyl sites for hydroxylation is 1. The van der Waals surface area contributed by atoms with Crippen LogP contribution in [0.25, 0.3) is 5.82 Å². The van der Waals surface area contributed by atoms with Crippen LogP contribution in [-0.4, -0.2) is 19.9 Å². The van der Waals surface area contributed by atoms with E-state index in [1.807, 2.05) is 6.92 Å². The minimum atomic E-state index is -2.80. The van der Waals surface area contributed by atoms with Gasteiger partial charge < -0.3 is 5.11 Å². The molecule has 0 aliphatic heterocycles. The lowest BCUT2D eigenvalue weighted by molar-refractivity contribution is 0.141. The van der Waals surface area contributed by atoms with Crippen molar-refractivity contribution < 1.29 is 13.9 Å². The first-order chi connectivity index (χ1) is 8.54. The van der Waals surface area contributed by atoms with Crippen molar-refractivity contribution in [3.63, 3.8) is 0 Å². The molecule has 0 bridgehead atoms. The first kappa shape index (κ1) is 12.9. The van der Waals surface area contributed by atoms with Gasteiger partial charge in [-0.05, 0) is 24.6 Å². The van der Waals surface area contributed by atoms with Crippen LogP contribution in [0.4, 0.5) is 8.78 Å². The van der Waals surface area contributed by atoms with Gasteiger partial charge in [-0.2, -0.15) is 5.10 Å². The molecule has 0 amide bonds. The van der Waals surface area contributed by atoms with Crippen LogP contribution in [0.1, 0.15) is 23.2 Å². The zero-order valence-corrected chi connectivity index (χ0v) is 10.2. The van der Waals surface area contributed by atoms with Gasteiger partial charge in [0, 0.05) is 11.8 Å². The molecule has 4 nitrogen and oxygen atoms in total. The number of aliphatic hydroxyl groups is 1. The Labute approximate surface area is 107 Å². The summed E-state index contributed by atoms with van der Waals surface area (Å²) in [6, 6.07) is 3.43. The summed E-state index contributed by atoms with van der Waals surface area (Å²) in [6.07, 6.45) is -1.26. The van der Waals surface area contributed by atoms with Crippen molar-refractivity contribution in [3.05, 3.63) is 40.3 Å². The van der Waals surface area contributed by atoms with Crippen molar-refractivity contribution in [1.29, 1.82) is 0 Å². The molecule has 96 valence electrons. The van der Waals surface area contributed by atoms with E-state index >= 15 is 0 Å². The normalized spacial score (nSPS) is 11.2. The molecule has 18 heavy (non-hydrogen) atoms. The second kappa shape index (κ2) is 4.99. The number of aliphatic hydroxyl groups excluding tert-OH is 1. The lowest BCUT2D eigenvalue weighted by Gasteiger charge is -2.02. The maximum absolute atomic E-state index is 12.7. The highest BCUT2D eigenvalue weighted by molar-refractivity contribution is 6.30. The van der Waals surface area contributed by atoms with E-state index in [-0.39, 0.29) is 10.7 Å². The average Bonchev–Trinajstić information content (AvgIpc) is 2.66. The molecule has 2 heterocycles. The van der Waals surface area contributed by atoms with E-state index in [1.165, 1.54) is 6.20 Å². The quantitative estimate of drug-likeness (QED) is 0.935. The Morgan fingerprint density at radius 1 is 1.50 bits per heavy atom. The third-order valence-corrected chi connectivity index (χ3v) is 2.82. The molecule has 7 heteroatoms. The fraction of sp³-hybridized carbons (Fsp3) is 0.273. The molecule has 0 atom stereocenters. The average molecular weight is 274 g/mol. The summed E-state index contributed by atoms with van der Waals surface area (Å²) >= 11 is 5.93. The maximum atomic E-state index is 12.7. The molecule has 0 radical (unpaired) electrons. The summed E-state index contributed by atoms with van der Waals surface area (Å²) in [5.74, 6) is 0.335. The zero-order chi connectivity index (χ0) is 13.3. The van der Waals surface area contributed by atoms with Gasteiger partial charge in [0.05, 0.1) is 6.61 Å². The van der Waals surface area contributed by atoms with Gasteiger partial charge in [0.2, 0.25) is 0 Å². The van der Waals surface area contributed by atoms with E-state index in [4.69, 9.17) is 16.7 Å². The van der Waals surface area contributed by atoms with E-state index in [2.05, 4.69) is 10.1 Å². The fourth-order valence-electron chi connectivity index (χ4n) is 1.55. The van der Waals surface area contributed by atoms with Crippen LogP contribution in [0.3, 0.4) is 0 Å². The monoisotopic (exact) mass is 273 g/mol. The third-order valence-electron chi connectivity index (χ3n) is 2.43. The van der Waals surface area contributed by atoms with Crippen LogP contribution in [0.5, 0.6) is 0 Å². The van der Waals surface area contributed by atoms with Crippen LogP contribution in [0, 0.1) is 6.92 Å². The summed E-state index contributed by atoms with van der Waals surface area (Å²) in [4.78, 5) is 4.01. The Balaban J connectivity index is 2.59. The first-order valence-corrected chi connectivity index (χ1v) is 5.51. The van der Waals surface area contributed by atoms with Gasteiger partial charge in [-0.1, -0.05) is 11.6 Å². The number of hydrogen-bond acceptors (Lipinski definition) is 3. The van der Waals surface area contributed by atoms with Crippen LogP contribution in [0.15, 0.2) is 18.3 Å². The number of alkyl halides is 2. The minimum Gasteiger partial charge on any atom is -0.391 e. The van der Waals surface area contributed by atoms with E-state index in [1.54, 1.807) is 12.1 Å². The number of rotatable bonds is 3. The van der Waals surface area contributed by atoms with Gasteiger partial charge in [0.25, 0.3) is 6.43 Å². The molecule has 0 aliphatic carbocycles. The number of hydrogen-bond donors (Lipinski definition) is 1. The zero-order valence-electron chi connectivity index (χ0n) is 9.44. The molecule has 0 unspecified atom stereocenters. The maximum Gasteiger partial charge on any atom is 0.282 e. The van der Waals surface area contributed by atoms with Crippen molar-refractivity contribution in [3.8, 4) is 5.82 Å². The lowest BCUT2D eigenvalue weighted by atomic mass is 10.2. The Kier molecular flexibility index (Phi) is 3.58. The molecular formula is C11H10ClF2N3O. The number of pyridine rings is 1. The Hall–Kier alpha value is -1.53. The van der Waals surface area contributed by atoms with E-state index in [0.717, 1.165) is 10.2 Å². The molecule has 0 saturated carbocycles. The minimum absolute atomic E-state index is 0.0501. The van der Waals surface area contributed by atoms with E-state index in [9.17, 15) is 8.78 Å². The Morgan fingerprint density at radius 2 is 2.22 bits per heavy atom. The standard InChI is InChI=1S/C11H10ClF2N3O/c1-6-2-3-15-8(4-6)17-10(12)7(5-18)9(16-17)11(13)14/h2-4,11,18H,5H2,1H3. The van der Waals surface area contributed by atoms with Crippen molar-refractivity contribution in [2.45, 2.75) is 20.0 Å². The highest BCUT2D eigenvalue weighted by atomic mass is 35.5. The number of nitrogens with zero attached hydrogens (tertiary/aromatic N) is 3. The van der Waals surface area contributed by atoms with Crippen LogP contribution in [-0.2, 0) is 6.61 Å². The predicted octanol–water partition coefficient (Wildman–Crippen LogP) is 2.66. The summed E-state index contributed by atoms with van der Waals surface area (Å²) in [6.45, 7) is 1.24. The molecule has 0 aromatic carbocycles. The molecule has 0 spiro atoms. The molecule has 0 saturated heterocycles. The summed E-state index contributed by atoms with van der Waals surface area (Å²) in [7, 11) is 0. The molecular weight excluding hydrogens is 264 g/mol. The van der Waals surface area contributed by atoms with E-state index < -0.39 is 18.7 Å². The summed E-state index contributed by atoms with van der Waals surface area (Å²) in [5.41, 5.74) is 0.302. The summed E-state index contributed by atoms with van der Waals surface area (Å²) in [5, 5.41) is 12.7. The van der Waals surface area contributed by atoms with Gasteiger partial charge in [0.1, 0.15) is 10.8 Å². The van der Waals surface area contributed by atoms with Crippen molar-refractivity contribution in [2.75, 3.05) is 0 Å². The number of aromatic nitrogens is 3. The SMILES string of the molecule is Cc1ccnc(-n2nc(C(F)F)c(CO)c2Cl)c1. The van der Waals surface area contributed by atoms with E-state index in [0.29, 0.717) is 5.82 Å². The van der Waals surface area contributed by atoms with Crippen molar-refractivity contribution in [2.24, 2.45) is 0 Å². The second-order valence-corrected chi connectivity index (χ2v) is 4.07. The predicted molar refractivity (Wildman–Crippen MR) is 62.0 cm³/mol. The Bertz CT molecular complexity index is 571. The number of halogens is 3. The van der Waals surface area contributed by atoms with Gasteiger partial charge >= 0.3 is 0 Å². The molecule has 2 aromatic heterocycles. The highest BCUT2D eigenvalue weighted by Crippen LogP contribution is 2.29. The largest absolute Gasteiger partial charge is 0.391 e. The fourth-order valence-corrected chi connectivity index (χ4v) is 1.84.